The van der Waals surface area contributed by atoms with Crippen molar-refractivity contribution in [1.29, 1.82) is 0 Å². The van der Waals surface area contributed by atoms with E-state index in [1.807, 2.05) is 22.9 Å². The van der Waals surface area contributed by atoms with Gasteiger partial charge < -0.3 is 20.4 Å². The second kappa shape index (κ2) is 6.52. The summed E-state index contributed by atoms with van der Waals surface area (Å²) in [6.07, 6.45) is 2.47. The molecule has 4 aromatic rings. The van der Waals surface area contributed by atoms with E-state index in [9.17, 15) is 0 Å². The number of benzene rings is 1. The molecule has 9 nitrogen and oxygen atoms in total. The molecule has 9 heteroatoms. The highest BCUT2D eigenvalue weighted by molar-refractivity contribution is 5.80. The molecule has 0 amide bonds. The Bertz CT molecular complexity index is 1150. The number of aromatic amines is 1. The molecule has 0 saturated heterocycles. The van der Waals surface area contributed by atoms with Gasteiger partial charge in [0.05, 0.1) is 30.4 Å². The summed E-state index contributed by atoms with van der Waals surface area (Å²) in [6, 6.07) is 9.67. The molecule has 0 bridgehead atoms. The number of H-pyrrole nitrogens is 1. The number of imidazole rings is 1. The van der Waals surface area contributed by atoms with Gasteiger partial charge in [-0.3, -0.25) is 4.68 Å². The molecular formula is C19H20N8O. The molecule has 0 unspecified atom stereocenters. The van der Waals surface area contributed by atoms with Crippen molar-refractivity contribution in [2.24, 2.45) is 0 Å². The molecule has 142 valence electrons. The van der Waals surface area contributed by atoms with E-state index in [0.717, 1.165) is 59.3 Å². The van der Waals surface area contributed by atoms with Crippen molar-refractivity contribution >= 4 is 22.7 Å². The van der Waals surface area contributed by atoms with Crippen molar-refractivity contribution in [2.75, 3.05) is 24.3 Å². The van der Waals surface area contributed by atoms with Gasteiger partial charge in [-0.2, -0.15) is 5.10 Å². The lowest BCUT2D eigenvalue weighted by atomic mass is 10.3. The molecular weight excluding hydrogens is 356 g/mol. The zero-order valence-electron chi connectivity index (χ0n) is 15.5. The van der Waals surface area contributed by atoms with Gasteiger partial charge in [0.25, 0.3) is 0 Å². The van der Waals surface area contributed by atoms with Gasteiger partial charge in [0, 0.05) is 25.2 Å². The minimum Gasteiger partial charge on any atom is -0.497 e. The van der Waals surface area contributed by atoms with Crippen LogP contribution in [0.15, 0.2) is 36.7 Å². The van der Waals surface area contributed by atoms with Crippen molar-refractivity contribution in [1.82, 2.24) is 29.7 Å². The first-order valence-corrected chi connectivity index (χ1v) is 9.13. The third-order valence-corrected chi connectivity index (χ3v) is 4.94. The van der Waals surface area contributed by atoms with Gasteiger partial charge in [0.15, 0.2) is 5.82 Å². The number of aryl methyl sites for hydroxylation is 1. The number of nitrogens with zero attached hydrogens (tertiary/aromatic N) is 6. The number of ether oxygens (including phenoxy) is 1. The van der Waals surface area contributed by atoms with Crippen LogP contribution in [0.2, 0.25) is 0 Å². The van der Waals surface area contributed by atoms with Crippen LogP contribution < -0.4 is 15.4 Å². The molecule has 0 fully saturated rings. The normalized spacial score (nSPS) is 14.1. The summed E-state index contributed by atoms with van der Waals surface area (Å²) in [5.74, 6) is 2.85. The lowest BCUT2D eigenvalue weighted by Crippen LogP contribution is -2.23. The van der Waals surface area contributed by atoms with Gasteiger partial charge in [-0.25, -0.2) is 15.0 Å². The SMILES string of the molecule is COc1ccc2nc(-c3cc4n(n3)CCCN(c3cc(N)ncn3)C4)[nH]c2c1. The Morgan fingerprint density at radius 3 is 2.93 bits per heavy atom. The van der Waals surface area contributed by atoms with Crippen LogP contribution in [0.1, 0.15) is 12.1 Å². The molecule has 1 aliphatic rings. The Morgan fingerprint density at radius 2 is 2.07 bits per heavy atom. The summed E-state index contributed by atoms with van der Waals surface area (Å²) >= 11 is 0. The van der Waals surface area contributed by atoms with E-state index in [-0.39, 0.29) is 0 Å². The van der Waals surface area contributed by atoms with Gasteiger partial charge in [0.2, 0.25) is 0 Å². The first-order valence-electron chi connectivity index (χ1n) is 9.13. The maximum atomic E-state index is 5.82. The highest BCUT2D eigenvalue weighted by Crippen LogP contribution is 2.26. The smallest absolute Gasteiger partial charge is 0.159 e. The van der Waals surface area contributed by atoms with Crippen LogP contribution in [0.25, 0.3) is 22.6 Å². The Labute approximate surface area is 161 Å². The summed E-state index contributed by atoms with van der Waals surface area (Å²) in [5, 5.41) is 4.77. The highest BCUT2D eigenvalue weighted by atomic mass is 16.5. The van der Waals surface area contributed by atoms with E-state index >= 15 is 0 Å². The first-order chi connectivity index (χ1) is 13.7. The van der Waals surface area contributed by atoms with Gasteiger partial charge in [-0.15, -0.1) is 0 Å². The van der Waals surface area contributed by atoms with Crippen LogP contribution in [-0.2, 0) is 13.1 Å². The standard InChI is InChI=1S/C19H20N8O/c1-28-13-3-4-14-15(8-13)24-19(23-14)16-7-12-10-26(5-2-6-27(12)25-16)18-9-17(20)21-11-22-18/h3-4,7-9,11H,2,5-6,10H2,1H3,(H,23,24)(H2,20,21,22). The van der Waals surface area contributed by atoms with Gasteiger partial charge in [0.1, 0.15) is 29.4 Å². The van der Waals surface area contributed by atoms with Crippen molar-refractivity contribution in [3.63, 3.8) is 0 Å². The number of hydrogen-bond acceptors (Lipinski definition) is 7. The first kappa shape index (κ1) is 16.5. The minimum absolute atomic E-state index is 0.473. The summed E-state index contributed by atoms with van der Waals surface area (Å²) < 4.78 is 7.34. The number of anilines is 2. The van der Waals surface area contributed by atoms with Crippen LogP contribution in [0.4, 0.5) is 11.6 Å². The Morgan fingerprint density at radius 1 is 1.14 bits per heavy atom. The lowest BCUT2D eigenvalue weighted by Gasteiger charge is -2.20. The third kappa shape index (κ3) is 2.90. The Kier molecular flexibility index (Phi) is 3.85. The topological polar surface area (TPSA) is 111 Å². The molecule has 0 saturated carbocycles. The van der Waals surface area contributed by atoms with Gasteiger partial charge >= 0.3 is 0 Å². The summed E-state index contributed by atoms with van der Waals surface area (Å²) in [7, 11) is 1.65. The number of rotatable bonds is 3. The molecule has 1 aliphatic heterocycles. The fourth-order valence-corrected chi connectivity index (χ4v) is 3.54. The van der Waals surface area contributed by atoms with E-state index < -0.39 is 0 Å². The Balaban J connectivity index is 1.47. The molecule has 0 spiro atoms. The number of nitrogens with one attached hydrogen (secondary N) is 1. The maximum Gasteiger partial charge on any atom is 0.159 e. The van der Waals surface area contributed by atoms with E-state index in [2.05, 4.69) is 30.9 Å². The zero-order chi connectivity index (χ0) is 19.1. The van der Waals surface area contributed by atoms with Gasteiger partial charge in [-0.05, 0) is 24.6 Å². The van der Waals surface area contributed by atoms with Crippen molar-refractivity contribution in [3.05, 3.63) is 42.4 Å². The molecule has 0 aliphatic carbocycles. The third-order valence-electron chi connectivity index (χ3n) is 4.94. The number of nitrogen functional groups attached to an aromatic ring is 1. The van der Waals surface area contributed by atoms with E-state index in [0.29, 0.717) is 12.4 Å². The van der Waals surface area contributed by atoms with E-state index in [1.54, 1.807) is 13.2 Å². The van der Waals surface area contributed by atoms with E-state index in [4.69, 9.17) is 15.6 Å². The largest absolute Gasteiger partial charge is 0.497 e. The fraction of sp³-hybridized carbons (Fsp3) is 0.263. The molecule has 0 atom stereocenters. The van der Waals surface area contributed by atoms with Crippen LogP contribution in [-0.4, -0.2) is 43.4 Å². The predicted octanol–water partition coefficient (Wildman–Crippen LogP) is 2.22. The minimum atomic E-state index is 0.473. The van der Waals surface area contributed by atoms with Crippen LogP contribution >= 0.6 is 0 Å². The molecule has 3 aromatic heterocycles. The number of nitrogens with two attached hydrogens (primary N) is 1. The average Bonchev–Trinajstić information content (AvgIpc) is 3.25. The van der Waals surface area contributed by atoms with Crippen molar-refractivity contribution < 1.29 is 4.74 Å². The zero-order valence-corrected chi connectivity index (χ0v) is 15.5. The summed E-state index contributed by atoms with van der Waals surface area (Å²) in [4.78, 5) is 18.6. The average molecular weight is 376 g/mol. The predicted molar refractivity (Wildman–Crippen MR) is 106 cm³/mol. The molecule has 28 heavy (non-hydrogen) atoms. The molecule has 3 N–H and O–H groups in total. The lowest BCUT2D eigenvalue weighted by molar-refractivity contribution is 0.415. The Hall–Kier alpha value is -3.62. The summed E-state index contributed by atoms with van der Waals surface area (Å²) in [5.41, 5.74) is 9.57. The molecule has 4 heterocycles. The monoisotopic (exact) mass is 376 g/mol. The number of aromatic nitrogens is 6. The summed E-state index contributed by atoms with van der Waals surface area (Å²) in [6.45, 7) is 2.44. The molecule has 0 radical (unpaired) electrons. The van der Waals surface area contributed by atoms with Gasteiger partial charge in [-0.1, -0.05) is 0 Å². The number of methoxy groups -OCH3 is 1. The fourth-order valence-electron chi connectivity index (χ4n) is 3.54. The molecule has 1 aromatic carbocycles. The van der Waals surface area contributed by atoms with Crippen molar-refractivity contribution in [2.45, 2.75) is 19.5 Å². The number of fused-ring (bicyclic) bond motifs is 2. The van der Waals surface area contributed by atoms with Crippen LogP contribution in [0.3, 0.4) is 0 Å². The maximum absolute atomic E-state index is 5.82. The van der Waals surface area contributed by atoms with Crippen molar-refractivity contribution in [3.8, 4) is 17.3 Å². The molecule has 5 rings (SSSR count). The van der Waals surface area contributed by atoms with Crippen LogP contribution in [0, 0.1) is 0 Å². The van der Waals surface area contributed by atoms with Crippen LogP contribution in [0.5, 0.6) is 5.75 Å². The second-order valence-corrected chi connectivity index (χ2v) is 6.79. The second-order valence-electron chi connectivity index (χ2n) is 6.79. The highest BCUT2D eigenvalue weighted by Gasteiger charge is 2.20. The quantitative estimate of drug-likeness (QED) is 0.564. The van der Waals surface area contributed by atoms with E-state index in [1.165, 1.54) is 6.33 Å². The number of hydrogen-bond donors (Lipinski definition) is 2.